The number of methoxy groups -OCH3 is 1. The van der Waals surface area contributed by atoms with Gasteiger partial charge >= 0.3 is 5.97 Å². The van der Waals surface area contributed by atoms with Gasteiger partial charge in [0, 0.05) is 24.3 Å². The molecule has 28 heavy (non-hydrogen) atoms. The average Bonchev–Trinajstić information content (AvgIpc) is 3.34. The van der Waals surface area contributed by atoms with Crippen LogP contribution in [0.5, 0.6) is 5.75 Å². The molecule has 1 fully saturated rings. The maximum atomic E-state index is 12.1. The molecule has 3 N–H and O–H groups in total. The number of ether oxygens (including phenoxy) is 2. The molecule has 3 aromatic rings. The maximum Gasteiger partial charge on any atom is 0.323 e. The standard InChI is InChI=1S/C20H23N5O3/c1-3-28-20(26)16-8-13(9-22-16)25-10-15(12-4-6-14(27-2)7-5-12)17-18(21)23-11-24-19(17)25/h4-7,10-11,13,16,22H,3,8-9H2,1-2H3,(H2,21,23,24)/t13?,16-/m0/s1. The van der Waals surface area contributed by atoms with E-state index in [9.17, 15) is 4.79 Å². The Morgan fingerprint density at radius 3 is 2.82 bits per heavy atom. The summed E-state index contributed by atoms with van der Waals surface area (Å²) in [6.07, 6.45) is 4.14. The molecule has 2 atom stereocenters. The lowest BCUT2D eigenvalue weighted by Crippen LogP contribution is -2.32. The topological polar surface area (TPSA) is 104 Å². The van der Waals surface area contributed by atoms with Crippen LogP contribution in [0.25, 0.3) is 22.2 Å². The zero-order valence-electron chi connectivity index (χ0n) is 15.9. The molecule has 146 valence electrons. The Morgan fingerprint density at radius 1 is 1.32 bits per heavy atom. The highest BCUT2D eigenvalue weighted by Gasteiger charge is 2.33. The van der Waals surface area contributed by atoms with E-state index < -0.39 is 0 Å². The summed E-state index contributed by atoms with van der Waals surface area (Å²) in [7, 11) is 1.64. The maximum absolute atomic E-state index is 12.1. The number of carbonyl (C=O) groups is 1. The third kappa shape index (κ3) is 3.16. The van der Waals surface area contributed by atoms with Crippen LogP contribution in [-0.4, -0.2) is 46.8 Å². The van der Waals surface area contributed by atoms with Crippen molar-refractivity contribution in [2.45, 2.75) is 25.4 Å². The first-order valence-electron chi connectivity index (χ1n) is 9.27. The van der Waals surface area contributed by atoms with Crippen molar-refractivity contribution in [2.75, 3.05) is 26.0 Å². The van der Waals surface area contributed by atoms with E-state index in [4.69, 9.17) is 15.2 Å². The summed E-state index contributed by atoms with van der Waals surface area (Å²) >= 11 is 0. The molecule has 1 aliphatic rings. The number of anilines is 1. The number of benzene rings is 1. The monoisotopic (exact) mass is 381 g/mol. The zero-order valence-corrected chi connectivity index (χ0v) is 15.9. The number of nitrogens with two attached hydrogens (primary N) is 1. The highest BCUT2D eigenvalue weighted by molar-refractivity contribution is 6.00. The number of nitrogens with zero attached hydrogens (tertiary/aromatic N) is 3. The summed E-state index contributed by atoms with van der Waals surface area (Å²) in [5.74, 6) is 1.00. The molecule has 1 aliphatic heterocycles. The molecule has 3 heterocycles. The quantitative estimate of drug-likeness (QED) is 0.653. The van der Waals surface area contributed by atoms with Crippen molar-refractivity contribution in [1.82, 2.24) is 19.9 Å². The van der Waals surface area contributed by atoms with Crippen molar-refractivity contribution in [2.24, 2.45) is 0 Å². The molecule has 0 aliphatic carbocycles. The van der Waals surface area contributed by atoms with E-state index in [-0.39, 0.29) is 18.1 Å². The molecule has 1 aromatic carbocycles. The number of nitrogens with one attached hydrogen (secondary N) is 1. The third-order valence-electron chi connectivity index (χ3n) is 5.11. The van der Waals surface area contributed by atoms with E-state index in [1.54, 1.807) is 7.11 Å². The summed E-state index contributed by atoms with van der Waals surface area (Å²) < 4.78 is 12.5. The molecule has 0 bridgehead atoms. The lowest BCUT2D eigenvalue weighted by Gasteiger charge is -2.12. The average molecular weight is 381 g/mol. The Labute approximate surface area is 162 Å². The molecule has 0 saturated carbocycles. The van der Waals surface area contributed by atoms with Gasteiger partial charge in [0.05, 0.1) is 19.1 Å². The van der Waals surface area contributed by atoms with E-state index in [2.05, 4.69) is 19.9 Å². The second-order valence-corrected chi connectivity index (χ2v) is 6.74. The summed E-state index contributed by atoms with van der Waals surface area (Å²) in [4.78, 5) is 20.7. The summed E-state index contributed by atoms with van der Waals surface area (Å²) in [5, 5.41) is 4.06. The van der Waals surface area contributed by atoms with Crippen molar-refractivity contribution >= 4 is 22.8 Å². The second kappa shape index (κ2) is 7.47. The van der Waals surface area contributed by atoms with E-state index in [0.717, 1.165) is 27.9 Å². The van der Waals surface area contributed by atoms with Gasteiger partial charge in [0.25, 0.3) is 0 Å². The number of carbonyl (C=O) groups excluding carboxylic acids is 1. The van der Waals surface area contributed by atoms with Crippen LogP contribution >= 0.6 is 0 Å². The molecule has 1 unspecified atom stereocenters. The van der Waals surface area contributed by atoms with Crippen LogP contribution in [-0.2, 0) is 9.53 Å². The van der Waals surface area contributed by atoms with E-state index in [1.807, 2.05) is 37.4 Å². The van der Waals surface area contributed by atoms with Crippen molar-refractivity contribution in [1.29, 1.82) is 0 Å². The summed E-state index contributed by atoms with van der Waals surface area (Å²) in [5.41, 5.74) is 8.91. The van der Waals surface area contributed by atoms with E-state index in [0.29, 0.717) is 25.4 Å². The zero-order chi connectivity index (χ0) is 19.7. The van der Waals surface area contributed by atoms with Gasteiger partial charge < -0.3 is 25.1 Å². The van der Waals surface area contributed by atoms with Crippen LogP contribution in [0, 0.1) is 0 Å². The van der Waals surface area contributed by atoms with E-state index in [1.165, 1.54) is 6.33 Å². The van der Waals surface area contributed by atoms with Gasteiger partial charge in [-0.1, -0.05) is 12.1 Å². The Balaban J connectivity index is 1.74. The van der Waals surface area contributed by atoms with Gasteiger partial charge in [-0.25, -0.2) is 9.97 Å². The van der Waals surface area contributed by atoms with Gasteiger partial charge in [-0.3, -0.25) is 4.79 Å². The Hall–Kier alpha value is -3.13. The number of aromatic nitrogens is 3. The van der Waals surface area contributed by atoms with Crippen molar-refractivity contribution < 1.29 is 14.3 Å². The molecule has 2 aromatic heterocycles. The minimum absolute atomic E-state index is 0.0678. The Morgan fingerprint density at radius 2 is 2.11 bits per heavy atom. The Bertz CT molecular complexity index is 999. The van der Waals surface area contributed by atoms with Gasteiger partial charge in [0.2, 0.25) is 0 Å². The Kier molecular flexibility index (Phi) is 4.87. The van der Waals surface area contributed by atoms with Crippen molar-refractivity contribution in [3.63, 3.8) is 0 Å². The number of nitrogen functional groups attached to an aromatic ring is 1. The SMILES string of the molecule is CCOC(=O)[C@@H]1CC(n2cc(-c3ccc(OC)cc3)c3c(N)ncnc32)CN1. The van der Waals surface area contributed by atoms with Crippen LogP contribution in [0.1, 0.15) is 19.4 Å². The van der Waals surface area contributed by atoms with Crippen LogP contribution in [0.3, 0.4) is 0 Å². The first kappa shape index (κ1) is 18.2. The fourth-order valence-corrected chi connectivity index (χ4v) is 3.73. The van der Waals surface area contributed by atoms with Crippen LogP contribution in [0.4, 0.5) is 5.82 Å². The van der Waals surface area contributed by atoms with Gasteiger partial charge in [-0.15, -0.1) is 0 Å². The fourth-order valence-electron chi connectivity index (χ4n) is 3.73. The molecule has 0 amide bonds. The summed E-state index contributed by atoms with van der Waals surface area (Å²) in [6.45, 7) is 2.84. The summed E-state index contributed by atoms with van der Waals surface area (Å²) in [6, 6.07) is 7.54. The van der Waals surface area contributed by atoms with Crippen LogP contribution in [0.2, 0.25) is 0 Å². The molecule has 8 nitrogen and oxygen atoms in total. The minimum atomic E-state index is -0.314. The van der Waals surface area contributed by atoms with Gasteiger partial charge in [0.15, 0.2) is 0 Å². The minimum Gasteiger partial charge on any atom is -0.497 e. The van der Waals surface area contributed by atoms with Gasteiger partial charge in [-0.05, 0) is 31.0 Å². The van der Waals surface area contributed by atoms with E-state index >= 15 is 0 Å². The normalized spacial score (nSPS) is 19.1. The predicted molar refractivity (Wildman–Crippen MR) is 106 cm³/mol. The molecule has 0 radical (unpaired) electrons. The number of hydrogen-bond acceptors (Lipinski definition) is 7. The number of fused-ring (bicyclic) bond motifs is 1. The predicted octanol–water partition coefficient (Wildman–Crippen LogP) is 2.16. The highest BCUT2D eigenvalue weighted by atomic mass is 16.5. The molecular weight excluding hydrogens is 358 g/mol. The largest absolute Gasteiger partial charge is 0.497 e. The molecular formula is C20H23N5O3. The molecule has 1 saturated heterocycles. The molecule has 0 spiro atoms. The lowest BCUT2D eigenvalue weighted by molar-refractivity contribution is -0.145. The fraction of sp³-hybridized carbons (Fsp3) is 0.350. The first-order valence-corrected chi connectivity index (χ1v) is 9.27. The highest BCUT2D eigenvalue weighted by Crippen LogP contribution is 2.36. The van der Waals surface area contributed by atoms with Crippen LogP contribution < -0.4 is 15.8 Å². The third-order valence-corrected chi connectivity index (χ3v) is 5.11. The molecule has 8 heteroatoms. The van der Waals surface area contributed by atoms with Crippen molar-refractivity contribution in [3.8, 4) is 16.9 Å². The molecule has 4 rings (SSSR count). The number of esters is 1. The first-order chi connectivity index (χ1) is 13.6. The van der Waals surface area contributed by atoms with Crippen molar-refractivity contribution in [3.05, 3.63) is 36.8 Å². The van der Waals surface area contributed by atoms with Crippen LogP contribution in [0.15, 0.2) is 36.8 Å². The smallest absolute Gasteiger partial charge is 0.323 e. The lowest BCUT2D eigenvalue weighted by atomic mass is 10.1. The second-order valence-electron chi connectivity index (χ2n) is 6.74. The number of rotatable bonds is 5. The number of hydrogen-bond donors (Lipinski definition) is 2. The van der Waals surface area contributed by atoms with Gasteiger partial charge in [0.1, 0.15) is 29.6 Å². The van der Waals surface area contributed by atoms with Gasteiger partial charge in [-0.2, -0.15) is 0 Å².